The topological polar surface area (TPSA) is 256 Å². The number of hydrogen-bond donors (Lipinski definition) is 6. The number of ether oxygens (including phenoxy) is 9. The first kappa shape index (κ1) is 39.6. The van der Waals surface area contributed by atoms with E-state index in [1.165, 1.54) is 19.1 Å². The summed E-state index contributed by atoms with van der Waals surface area (Å²) in [6.07, 6.45) is -26.7. The maximum Gasteiger partial charge on any atom is 0.338 e. The highest BCUT2D eigenvalue weighted by Crippen LogP contribution is 2.35. The molecule has 6 N–H and O–H groups in total. The predicted octanol–water partition coefficient (Wildman–Crippen LogP) is -2.09. The van der Waals surface area contributed by atoms with Gasteiger partial charge in [-0.3, -0.25) is 0 Å². The van der Waals surface area contributed by atoms with Crippen LogP contribution in [0.25, 0.3) is 0 Å². The van der Waals surface area contributed by atoms with E-state index in [0.29, 0.717) is 5.56 Å². The average molecular weight is 739 g/mol. The third-order valence-corrected chi connectivity index (χ3v) is 8.85. The highest BCUT2D eigenvalue weighted by molar-refractivity contribution is 5.89. The van der Waals surface area contributed by atoms with Gasteiger partial charge in [-0.2, -0.15) is 0 Å². The molecular weight excluding hydrogens is 696 g/mol. The van der Waals surface area contributed by atoms with Crippen molar-refractivity contribution < 1.29 is 87.7 Å². The Morgan fingerprint density at radius 1 is 0.615 bits per heavy atom. The molecule has 1 unspecified atom stereocenters. The Morgan fingerprint density at radius 2 is 1.17 bits per heavy atom. The number of rotatable bonds is 11. The van der Waals surface area contributed by atoms with Crippen molar-refractivity contribution in [1.29, 1.82) is 0 Å². The smallest absolute Gasteiger partial charge is 0.338 e. The monoisotopic (exact) mass is 738 g/mol. The number of aliphatic hydroxyl groups excluding tert-OH is 6. The van der Waals surface area contributed by atoms with Crippen molar-refractivity contribution in [2.45, 2.75) is 106 Å². The fourth-order valence-corrected chi connectivity index (χ4v) is 6.00. The summed E-state index contributed by atoms with van der Waals surface area (Å²) < 4.78 is 50.0. The maximum atomic E-state index is 13.1. The normalized spacial score (nSPS) is 37.8. The summed E-state index contributed by atoms with van der Waals surface area (Å²) in [5, 5.41) is 65.2. The van der Waals surface area contributed by atoms with Gasteiger partial charge in [0.05, 0.1) is 32.5 Å². The third kappa shape index (κ3) is 8.60. The van der Waals surface area contributed by atoms with Gasteiger partial charge in [0.25, 0.3) is 0 Å². The van der Waals surface area contributed by atoms with Crippen molar-refractivity contribution in [3.8, 4) is 0 Å². The molecule has 52 heavy (non-hydrogen) atoms. The van der Waals surface area contributed by atoms with Gasteiger partial charge in [-0.05, 0) is 24.6 Å². The van der Waals surface area contributed by atoms with Crippen LogP contribution in [0.1, 0.15) is 22.8 Å². The fourth-order valence-electron chi connectivity index (χ4n) is 6.00. The van der Waals surface area contributed by atoms with Crippen LogP contribution < -0.4 is 0 Å². The Hall–Kier alpha value is -3.63. The van der Waals surface area contributed by atoms with Gasteiger partial charge in [0.2, 0.25) is 0 Å². The fraction of sp³-hybridized carbons (Fsp3) is 0.559. The van der Waals surface area contributed by atoms with Crippen molar-refractivity contribution in [2.75, 3.05) is 14.2 Å². The third-order valence-electron chi connectivity index (χ3n) is 8.85. The van der Waals surface area contributed by atoms with Crippen LogP contribution in [0.15, 0.2) is 60.7 Å². The van der Waals surface area contributed by atoms with E-state index in [-0.39, 0.29) is 12.2 Å². The van der Waals surface area contributed by atoms with Crippen molar-refractivity contribution in [1.82, 2.24) is 0 Å². The molecule has 286 valence electrons. The summed E-state index contributed by atoms with van der Waals surface area (Å²) in [7, 11) is 2.02. The zero-order chi connectivity index (χ0) is 37.7. The second-order valence-electron chi connectivity index (χ2n) is 12.3. The quantitative estimate of drug-likeness (QED) is 0.107. The SMILES string of the molecule is COC(=O)[C@H]1O[C@H](O[C@H]2[C@H](O[C@@H]3[C@H](O)[C@@H](O)C(O)O[C@@H]3C(=O)OC)O[C@@H](C)[C@H](OC(=O)c3ccccc3)[C@H]2O)[C@H](OCc2ccccc2)[C@@H](O)[C@H]1O. The Kier molecular flexibility index (Phi) is 13.3. The molecule has 3 heterocycles. The first-order valence-electron chi connectivity index (χ1n) is 16.3. The predicted molar refractivity (Wildman–Crippen MR) is 168 cm³/mol. The summed E-state index contributed by atoms with van der Waals surface area (Å²) in [6, 6.07) is 16.5. The molecule has 18 nitrogen and oxygen atoms in total. The molecule has 2 aromatic rings. The van der Waals surface area contributed by atoms with E-state index >= 15 is 0 Å². The number of aliphatic hydroxyl groups is 6. The van der Waals surface area contributed by atoms with Crippen molar-refractivity contribution in [3.63, 3.8) is 0 Å². The second kappa shape index (κ2) is 17.5. The van der Waals surface area contributed by atoms with E-state index in [9.17, 15) is 45.0 Å². The number of carbonyl (C=O) groups excluding carboxylic acids is 3. The molecule has 3 saturated heterocycles. The average Bonchev–Trinajstić information content (AvgIpc) is 3.15. The summed E-state index contributed by atoms with van der Waals surface area (Å²) in [4.78, 5) is 38.3. The van der Waals surface area contributed by atoms with E-state index in [2.05, 4.69) is 0 Å². The van der Waals surface area contributed by atoms with E-state index in [1.807, 2.05) is 0 Å². The minimum Gasteiger partial charge on any atom is -0.467 e. The summed E-state index contributed by atoms with van der Waals surface area (Å²) in [6.45, 7) is 1.27. The van der Waals surface area contributed by atoms with Gasteiger partial charge in [-0.1, -0.05) is 48.5 Å². The van der Waals surface area contributed by atoms with Crippen LogP contribution in [-0.4, -0.2) is 155 Å². The van der Waals surface area contributed by atoms with E-state index in [1.54, 1.807) is 48.5 Å². The zero-order valence-corrected chi connectivity index (χ0v) is 28.2. The van der Waals surface area contributed by atoms with Crippen LogP contribution in [0.3, 0.4) is 0 Å². The zero-order valence-electron chi connectivity index (χ0n) is 28.2. The molecule has 2 aromatic carbocycles. The molecule has 3 fully saturated rings. The van der Waals surface area contributed by atoms with Gasteiger partial charge >= 0.3 is 17.9 Å². The second-order valence-corrected chi connectivity index (χ2v) is 12.3. The van der Waals surface area contributed by atoms with Crippen molar-refractivity contribution >= 4 is 17.9 Å². The molecule has 5 rings (SSSR count). The molecule has 15 atom stereocenters. The molecule has 0 saturated carbocycles. The Morgan fingerprint density at radius 3 is 1.81 bits per heavy atom. The maximum absolute atomic E-state index is 13.1. The van der Waals surface area contributed by atoms with Crippen LogP contribution in [0, 0.1) is 0 Å². The van der Waals surface area contributed by atoms with E-state index in [4.69, 9.17) is 42.6 Å². The van der Waals surface area contributed by atoms with Crippen molar-refractivity contribution in [3.05, 3.63) is 71.8 Å². The number of hydrogen-bond acceptors (Lipinski definition) is 18. The summed E-state index contributed by atoms with van der Waals surface area (Å²) in [5.74, 6) is -3.05. The van der Waals surface area contributed by atoms with Crippen LogP contribution in [0.4, 0.5) is 0 Å². The standard InChI is InChI=1S/C34H42O18/c1-15-23(48-29(40)17-12-8-5-9-13-17)22(39)27(34(47-15)50-24-20(37)21(38)30(41)49-28(24)32(43)45-3)52-33-26(46-14-16-10-6-4-7-11-16)19(36)18(35)25(51-33)31(42)44-2/h4-13,15,18-28,30,33-39,41H,14H2,1-3H3/t15-,18+,19-,20+,21+,22+,23-,24+,25-,26+,27+,28-,30?,33+,34-/m0/s1. The number of benzene rings is 2. The highest BCUT2D eigenvalue weighted by Gasteiger charge is 2.56. The lowest BCUT2D eigenvalue weighted by Crippen LogP contribution is -2.67. The van der Waals surface area contributed by atoms with Crippen LogP contribution >= 0.6 is 0 Å². The molecule has 0 spiro atoms. The van der Waals surface area contributed by atoms with Gasteiger partial charge in [-0.25, -0.2) is 14.4 Å². The molecule has 3 aliphatic rings. The lowest BCUT2D eigenvalue weighted by Gasteiger charge is -2.48. The van der Waals surface area contributed by atoms with E-state index in [0.717, 1.165) is 14.2 Å². The van der Waals surface area contributed by atoms with Crippen LogP contribution in [0.2, 0.25) is 0 Å². The number of esters is 3. The molecule has 0 amide bonds. The Labute approximate surface area is 297 Å². The van der Waals surface area contributed by atoms with Crippen LogP contribution in [-0.2, 0) is 58.8 Å². The Balaban J connectivity index is 1.49. The van der Waals surface area contributed by atoms with Crippen LogP contribution in [0.5, 0.6) is 0 Å². The minimum atomic E-state index is -2.02. The van der Waals surface area contributed by atoms with Gasteiger partial charge < -0.3 is 73.3 Å². The number of methoxy groups -OCH3 is 2. The molecule has 0 bridgehead atoms. The van der Waals surface area contributed by atoms with Gasteiger partial charge in [0.1, 0.15) is 48.8 Å². The number of carbonyl (C=O) groups is 3. The molecule has 3 aliphatic heterocycles. The molecular formula is C34H42O18. The molecule has 0 radical (unpaired) electrons. The van der Waals surface area contributed by atoms with Crippen molar-refractivity contribution in [2.24, 2.45) is 0 Å². The van der Waals surface area contributed by atoms with E-state index < -0.39 is 110 Å². The molecule has 0 aromatic heterocycles. The molecule has 18 heteroatoms. The largest absolute Gasteiger partial charge is 0.467 e. The minimum absolute atomic E-state index is 0.136. The lowest BCUT2D eigenvalue weighted by molar-refractivity contribution is -0.382. The van der Waals surface area contributed by atoms with Gasteiger partial charge in [0.15, 0.2) is 37.2 Å². The Bertz CT molecular complexity index is 1480. The first-order valence-corrected chi connectivity index (χ1v) is 16.3. The first-order chi connectivity index (χ1) is 24.9. The summed E-state index contributed by atoms with van der Waals surface area (Å²) in [5.41, 5.74) is 0.777. The highest BCUT2D eigenvalue weighted by atomic mass is 16.8. The lowest BCUT2D eigenvalue weighted by atomic mass is 9.96. The van der Waals surface area contributed by atoms with Gasteiger partial charge in [-0.15, -0.1) is 0 Å². The summed E-state index contributed by atoms with van der Waals surface area (Å²) >= 11 is 0. The van der Waals surface area contributed by atoms with Gasteiger partial charge in [0, 0.05) is 0 Å². The molecule has 0 aliphatic carbocycles.